The van der Waals surface area contributed by atoms with Gasteiger partial charge in [0.1, 0.15) is 0 Å². The van der Waals surface area contributed by atoms with Crippen LogP contribution >= 0.6 is 11.6 Å². The van der Waals surface area contributed by atoms with Crippen LogP contribution in [0.25, 0.3) is 0 Å². The molecule has 0 atom stereocenters. The lowest BCUT2D eigenvalue weighted by molar-refractivity contribution is 0.139. The van der Waals surface area contributed by atoms with Crippen molar-refractivity contribution in [3.63, 3.8) is 0 Å². The lowest BCUT2D eigenvalue weighted by Crippen LogP contribution is -2.48. The summed E-state index contributed by atoms with van der Waals surface area (Å²) in [4.78, 5) is 15.6. The molecule has 2 amide bonds. The Morgan fingerprint density at radius 3 is 2.74 bits per heavy atom. The second kappa shape index (κ2) is 7.10. The first-order valence-electron chi connectivity index (χ1n) is 7.72. The first kappa shape index (κ1) is 17.4. The standard InChI is InChI=1S/C19H23ClN2O/c1-19(2)14-22(18(23)21(3)4)12-11-16(19)9-5-7-15-8-6-10-17(20)13-15/h6,8-10,13H,11-12,14H2,1-4H3/b16-9+. The molecule has 0 unspecified atom stereocenters. The van der Waals surface area contributed by atoms with Crippen molar-refractivity contribution in [3.8, 4) is 11.8 Å². The molecule has 0 bridgehead atoms. The third-order valence-electron chi connectivity index (χ3n) is 4.05. The van der Waals surface area contributed by atoms with Gasteiger partial charge in [0, 0.05) is 43.2 Å². The molecule has 2 rings (SSSR count). The Kier molecular flexibility index (Phi) is 5.38. The number of carbonyl (C=O) groups excluding carboxylic acids is 1. The smallest absolute Gasteiger partial charge is 0.319 e. The Morgan fingerprint density at radius 2 is 2.13 bits per heavy atom. The van der Waals surface area contributed by atoms with Crippen molar-refractivity contribution in [2.24, 2.45) is 5.41 Å². The third-order valence-corrected chi connectivity index (χ3v) is 4.28. The van der Waals surface area contributed by atoms with E-state index < -0.39 is 0 Å². The minimum absolute atomic E-state index is 0.0626. The molecule has 122 valence electrons. The maximum Gasteiger partial charge on any atom is 0.319 e. The summed E-state index contributed by atoms with van der Waals surface area (Å²) in [6.07, 6.45) is 2.86. The summed E-state index contributed by atoms with van der Waals surface area (Å²) in [7, 11) is 3.58. The summed E-state index contributed by atoms with van der Waals surface area (Å²) in [6, 6.07) is 7.61. The quantitative estimate of drug-likeness (QED) is 0.659. The molecule has 0 aromatic heterocycles. The fourth-order valence-corrected chi connectivity index (χ4v) is 2.93. The van der Waals surface area contributed by atoms with Crippen molar-refractivity contribution in [1.82, 2.24) is 9.80 Å². The van der Waals surface area contributed by atoms with Gasteiger partial charge in [0.2, 0.25) is 0 Å². The molecule has 1 saturated heterocycles. The van der Waals surface area contributed by atoms with Crippen LogP contribution in [0.5, 0.6) is 0 Å². The van der Waals surface area contributed by atoms with Gasteiger partial charge >= 0.3 is 6.03 Å². The molecule has 1 aliphatic heterocycles. The van der Waals surface area contributed by atoms with E-state index in [1.165, 1.54) is 5.57 Å². The van der Waals surface area contributed by atoms with E-state index in [0.717, 1.165) is 18.5 Å². The Balaban J connectivity index is 2.11. The summed E-state index contributed by atoms with van der Waals surface area (Å²) in [6.45, 7) is 5.78. The van der Waals surface area contributed by atoms with Crippen LogP contribution in [0.2, 0.25) is 5.02 Å². The van der Waals surface area contributed by atoms with Crippen molar-refractivity contribution < 1.29 is 4.79 Å². The van der Waals surface area contributed by atoms with Crippen molar-refractivity contribution >= 4 is 17.6 Å². The second-order valence-corrected chi connectivity index (χ2v) is 7.12. The van der Waals surface area contributed by atoms with Crippen LogP contribution in [0.4, 0.5) is 4.79 Å². The molecule has 0 spiro atoms. The zero-order chi connectivity index (χ0) is 17.0. The number of urea groups is 1. The van der Waals surface area contributed by atoms with Gasteiger partial charge in [0.05, 0.1) is 0 Å². The van der Waals surface area contributed by atoms with Crippen LogP contribution in [-0.4, -0.2) is 43.0 Å². The van der Waals surface area contributed by atoms with E-state index in [-0.39, 0.29) is 11.4 Å². The highest BCUT2D eigenvalue weighted by Crippen LogP contribution is 2.34. The topological polar surface area (TPSA) is 23.6 Å². The van der Waals surface area contributed by atoms with Crippen molar-refractivity contribution in [1.29, 1.82) is 0 Å². The average Bonchev–Trinajstić information content (AvgIpc) is 2.47. The molecule has 1 aliphatic rings. The normalized spacial score (nSPS) is 18.3. The van der Waals surface area contributed by atoms with E-state index >= 15 is 0 Å². The van der Waals surface area contributed by atoms with E-state index in [4.69, 9.17) is 11.6 Å². The maximum atomic E-state index is 12.1. The number of hydrogen-bond acceptors (Lipinski definition) is 1. The fourth-order valence-electron chi connectivity index (χ4n) is 2.74. The van der Waals surface area contributed by atoms with Gasteiger partial charge in [-0.05, 0) is 30.7 Å². The van der Waals surface area contributed by atoms with E-state index in [0.29, 0.717) is 11.6 Å². The highest BCUT2D eigenvalue weighted by Gasteiger charge is 2.33. The summed E-state index contributed by atoms with van der Waals surface area (Å²) in [5.41, 5.74) is 2.13. The summed E-state index contributed by atoms with van der Waals surface area (Å²) >= 11 is 5.96. The second-order valence-electron chi connectivity index (χ2n) is 6.68. The van der Waals surface area contributed by atoms with Crippen LogP contribution in [0, 0.1) is 17.3 Å². The number of nitrogens with zero attached hydrogens (tertiary/aromatic N) is 2. The largest absolute Gasteiger partial charge is 0.331 e. The van der Waals surface area contributed by atoms with E-state index in [1.54, 1.807) is 19.0 Å². The fraction of sp³-hybridized carbons (Fsp3) is 0.421. The van der Waals surface area contributed by atoms with Gasteiger partial charge in [-0.15, -0.1) is 0 Å². The molecule has 1 aromatic rings. The van der Waals surface area contributed by atoms with Crippen molar-refractivity contribution in [2.75, 3.05) is 27.2 Å². The highest BCUT2D eigenvalue weighted by molar-refractivity contribution is 6.30. The molecule has 23 heavy (non-hydrogen) atoms. The van der Waals surface area contributed by atoms with Gasteiger partial charge in [-0.25, -0.2) is 4.79 Å². The van der Waals surface area contributed by atoms with Crippen LogP contribution in [0.15, 0.2) is 35.9 Å². The van der Waals surface area contributed by atoms with Crippen LogP contribution in [0.1, 0.15) is 25.8 Å². The number of likely N-dealkylation sites (tertiary alicyclic amines) is 1. The van der Waals surface area contributed by atoms with Gasteiger partial charge in [-0.3, -0.25) is 0 Å². The maximum absolute atomic E-state index is 12.1. The van der Waals surface area contributed by atoms with Crippen LogP contribution in [-0.2, 0) is 0 Å². The molecule has 1 heterocycles. The predicted molar refractivity (Wildman–Crippen MR) is 95.5 cm³/mol. The van der Waals surface area contributed by atoms with Crippen molar-refractivity contribution in [3.05, 3.63) is 46.5 Å². The van der Waals surface area contributed by atoms with Gasteiger partial charge in [-0.1, -0.05) is 48.9 Å². The van der Waals surface area contributed by atoms with Crippen LogP contribution in [0.3, 0.4) is 0 Å². The molecule has 0 aliphatic carbocycles. The Morgan fingerprint density at radius 1 is 1.39 bits per heavy atom. The molecule has 3 nitrogen and oxygen atoms in total. The molecular formula is C19H23ClN2O. The minimum atomic E-state index is -0.0626. The zero-order valence-electron chi connectivity index (χ0n) is 14.2. The van der Waals surface area contributed by atoms with Gasteiger partial charge < -0.3 is 9.80 Å². The number of hydrogen-bond donors (Lipinski definition) is 0. The zero-order valence-corrected chi connectivity index (χ0v) is 14.9. The number of rotatable bonds is 0. The molecule has 0 radical (unpaired) electrons. The number of carbonyl (C=O) groups is 1. The van der Waals surface area contributed by atoms with E-state index in [9.17, 15) is 4.79 Å². The highest BCUT2D eigenvalue weighted by atomic mass is 35.5. The van der Waals surface area contributed by atoms with Gasteiger partial charge in [-0.2, -0.15) is 0 Å². The molecule has 0 saturated carbocycles. The number of benzene rings is 1. The number of halogens is 1. The average molecular weight is 331 g/mol. The molecule has 1 fully saturated rings. The number of piperidine rings is 1. The monoisotopic (exact) mass is 330 g/mol. The first-order valence-corrected chi connectivity index (χ1v) is 8.10. The lowest BCUT2D eigenvalue weighted by atomic mass is 9.79. The van der Waals surface area contributed by atoms with E-state index in [1.807, 2.05) is 35.2 Å². The summed E-state index contributed by atoms with van der Waals surface area (Å²) in [5, 5.41) is 0.695. The van der Waals surface area contributed by atoms with Gasteiger partial charge in [0.25, 0.3) is 0 Å². The Bertz CT molecular complexity index is 680. The Labute approximate surface area is 143 Å². The molecule has 4 heteroatoms. The first-order chi connectivity index (χ1) is 10.8. The summed E-state index contributed by atoms with van der Waals surface area (Å²) in [5.74, 6) is 6.26. The van der Waals surface area contributed by atoms with Crippen LogP contribution < -0.4 is 0 Å². The number of allylic oxidation sites excluding steroid dienone is 1. The molecular weight excluding hydrogens is 308 g/mol. The number of amides is 2. The predicted octanol–water partition coefficient (Wildman–Crippen LogP) is 4.03. The van der Waals surface area contributed by atoms with Crippen molar-refractivity contribution in [2.45, 2.75) is 20.3 Å². The molecule has 0 N–H and O–H groups in total. The van der Waals surface area contributed by atoms with E-state index in [2.05, 4.69) is 25.7 Å². The summed E-state index contributed by atoms with van der Waals surface area (Å²) < 4.78 is 0. The lowest BCUT2D eigenvalue weighted by Gasteiger charge is -2.41. The minimum Gasteiger partial charge on any atom is -0.331 e. The SMILES string of the molecule is CN(C)C(=O)N1CC/C(=C\C#Cc2cccc(Cl)c2)C(C)(C)C1. The Hall–Kier alpha value is -1.92. The molecule has 1 aromatic carbocycles. The third kappa shape index (κ3) is 4.53. The van der Waals surface area contributed by atoms with Gasteiger partial charge in [0.15, 0.2) is 0 Å².